The lowest BCUT2D eigenvalue weighted by Crippen LogP contribution is -1.99. The van der Waals surface area contributed by atoms with E-state index in [9.17, 15) is 18.9 Å². The highest BCUT2D eigenvalue weighted by molar-refractivity contribution is 7.98. The highest BCUT2D eigenvalue weighted by Crippen LogP contribution is 2.31. The summed E-state index contributed by atoms with van der Waals surface area (Å²) in [6, 6.07) is 8.07. The minimum Gasteiger partial charge on any atom is -0.393 e. The van der Waals surface area contributed by atoms with Gasteiger partial charge in [-0.1, -0.05) is 12.1 Å². The molecule has 0 spiro atoms. The van der Waals surface area contributed by atoms with Crippen LogP contribution >= 0.6 is 11.8 Å². The van der Waals surface area contributed by atoms with Crippen LogP contribution in [0.5, 0.6) is 0 Å². The highest BCUT2D eigenvalue weighted by atomic mass is 32.2. The summed E-state index contributed by atoms with van der Waals surface area (Å²) in [5.74, 6) is -1.51. The van der Waals surface area contributed by atoms with E-state index in [4.69, 9.17) is 5.73 Å². The third-order valence-electron chi connectivity index (χ3n) is 2.66. The van der Waals surface area contributed by atoms with Gasteiger partial charge in [-0.3, -0.25) is 10.1 Å². The smallest absolute Gasteiger partial charge is 0.292 e. The van der Waals surface area contributed by atoms with Crippen LogP contribution in [-0.2, 0) is 5.75 Å². The second-order valence-corrected chi connectivity index (χ2v) is 5.02. The number of nitrogen functional groups attached to an aromatic ring is 1. The lowest BCUT2D eigenvalue weighted by atomic mass is 10.2. The maximum atomic E-state index is 13.1. The SMILES string of the molecule is Nc1c(CSc2ccc(F)c(F)c2)cccc1[N+](=O)[O-]. The van der Waals surface area contributed by atoms with Gasteiger partial charge in [-0.2, -0.15) is 0 Å². The van der Waals surface area contributed by atoms with Crippen molar-refractivity contribution in [2.24, 2.45) is 0 Å². The molecule has 0 atom stereocenters. The zero-order valence-corrected chi connectivity index (χ0v) is 11.0. The van der Waals surface area contributed by atoms with Gasteiger partial charge in [0.2, 0.25) is 0 Å². The Morgan fingerprint density at radius 2 is 1.95 bits per heavy atom. The first-order valence-corrected chi connectivity index (χ1v) is 6.57. The standard InChI is InChI=1S/C13H10F2N2O2S/c14-10-5-4-9(6-11(10)15)20-7-8-2-1-3-12(13(8)16)17(18)19/h1-6H,7,16H2. The quantitative estimate of drug-likeness (QED) is 0.404. The van der Waals surface area contributed by atoms with E-state index in [1.165, 1.54) is 30.0 Å². The van der Waals surface area contributed by atoms with Gasteiger partial charge in [0.25, 0.3) is 5.69 Å². The molecule has 104 valence electrons. The number of thioether (sulfide) groups is 1. The van der Waals surface area contributed by atoms with Crippen LogP contribution in [0, 0.1) is 21.7 Å². The van der Waals surface area contributed by atoms with Crippen molar-refractivity contribution in [2.45, 2.75) is 10.6 Å². The number of nitrogens with two attached hydrogens (primary N) is 1. The van der Waals surface area contributed by atoms with Crippen LogP contribution in [0.3, 0.4) is 0 Å². The number of nitro benzene ring substituents is 1. The Labute approximate surface area is 117 Å². The fourth-order valence-electron chi connectivity index (χ4n) is 1.61. The van der Waals surface area contributed by atoms with Crippen molar-refractivity contribution in [2.75, 3.05) is 5.73 Å². The van der Waals surface area contributed by atoms with Crippen molar-refractivity contribution >= 4 is 23.1 Å². The lowest BCUT2D eigenvalue weighted by Gasteiger charge is -2.06. The first-order chi connectivity index (χ1) is 9.49. The molecule has 0 fully saturated rings. The molecule has 2 rings (SSSR count). The third kappa shape index (κ3) is 3.05. The Bertz CT molecular complexity index is 665. The molecule has 0 unspecified atom stereocenters. The van der Waals surface area contributed by atoms with Crippen LogP contribution in [0.25, 0.3) is 0 Å². The molecule has 0 heterocycles. The van der Waals surface area contributed by atoms with Gasteiger partial charge in [-0.05, 0) is 23.8 Å². The number of rotatable bonds is 4. The van der Waals surface area contributed by atoms with Gasteiger partial charge in [0.15, 0.2) is 11.6 Å². The summed E-state index contributed by atoms with van der Waals surface area (Å²) in [5.41, 5.74) is 6.22. The van der Waals surface area contributed by atoms with Crippen molar-refractivity contribution in [3.05, 3.63) is 63.7 Å². The second kappa shape index (κ2) is 5.87. The number of para-hydroxylation sites is 1. The van der Waals surface area contributed by atoms with Crippen molar-refractivity contribution in [1.29, 1.82) is 0 Å². The van der Waals surface area contributed by atoms with E-state index in [0.717, 1.165) is 12.1 Å². The van der Waals surface area contributed by atoms with Crippen LogP contribution < -0.4 is 5.73 Å². The van der Waals surface area contributed by atoms with Crippen LogP contribution in [0.1, 0.15) is 5.56 Å². The number of anilines is 1. The zero-order valence-electron chi connectivity index (χ0n) is 10.2. The molecule has 2 N–H and O–H groups in total. The summed E-state index contributed by atoms with van der Waals surface area (Å²) in [4.78, 5) is 10.7. The Morgan fingerprint density at radius 3 is 2.60 bits per heavy atom. The van der Waals surface area contributed by atoms with E-state index in [1.54, 1.807) is 6.07 Å². The fourth-order valence-corrected chi connectivity index (χ4v) is 2.54. The Kier molecular flexibility index (Phi) is 4.19. The van der Waals surface area contributed by atoms with Crippen molar-refractivity contribution < 1.29 is 13.7 Å². The van der Waals surface area contributed by atoms with Crippen molar-refractivity contribution in [1.82, 2.24) is 0 Å². The second-order valence-electron chi connectivity index (χ2n) is 3.97. The van der Waals surface area contributed by atoms with Crippen LogP contribution in [0.2, 0.25) is 0 Å². The van der Waals surface area contributed by atoms with Crippen LogP contribution in [0.4, 0.5) is 20.2 Å². The maximum absolute atomic E-state index is 13.1. The minimum absolute atomic E-state index is 0.0904. The van der Waals surface area contributed by atoms with Crippen LogP contribution in [0.15, 0.2) is 41.3 Å². The van der Waals surface area contributed by atoms with E-state index < -0.39 is 16.6 Å². The monoisotopic (exact) mass is 296 g/mol. The van der Waals surface area contributed by atoms with Gasteiger partial charge < -0.3 is 5.73 Å². The minimum atomic E-state index is -0.929. The predicted molar refractivity (Wildman–Crippen MR) is 73.4 cm³/mol. The number of nitrogens with zero attached hydrogens (tertiary/aromatic N) is 1. The molecule has 0 aliphatic carbocycles. The summed E-state index contributed by atoms with van der Waals surface area (Å²) in [6.07, 6.45) is 0. The first-order valence-electron chi connectivity index (χ1n) is 5.58. The summed E-state index contributed by atoms with van der Waals surface area (Å²) in [6.45, 7) is 0. The third-order valence-corrected chi connectivity index (χ3v) is 3.70. The molecule has 2 aromatic rings. The normalized spacial score (nSPS) is 10.5. The highest BCUT2D eigenvalue weighted by Gasteiger charge is 2.14. The number of benzene rings is 2. The molecule has 0 saturated heterocycles. The van der Waals surface area contributed by atoms with Gasteiger partial charge in [0, 0.05) is 16.7 Å². The number of halogens is 2. The van der Waals surface area contributed by atoms with Crippen LogP contribution in [-0.4, -0.2) is 4.92 Å². The molecule has 20 heavy (non-hydrogen) atoms. The van der Waals surface area contributed by atoms with E-state index in [0.29, 0.717) is 16.2 Å². The molecule has 0 aliphatic heterocycles. The molecule has 4 nitrogen and oxygen atoms in total. The molecule has 2 aromatic carbocycles. The van der Waals surface area contributed by atoms with Gasteiger partial charge in [0.1, 0.15) is 5.69 Å². The summed E-state index contributed by atoms with van der Waals surface area (Å²) in [7, 11) is 0. The van der Waals surface area contributed by atoms with E-state index in [-0.39, 0.29) is 11.4 Å². The summed E-state index contributed by atoms with van der Waals surface area (Å²) < 4.78 is 25.8. The summed E-state index contributed by atoms with van der Waals surface area (Å²) >= 11 is 1.22. The summed E-state index contributed by atoms with van der Waals surface area (Å²) in [5, 5.41) is 10.8. The average Bonchev–Trinajstić information content (AvgIpc) is 2.41. The molecule has 7 heteroatoms. The molecule has 0 saturated carbocycles. The number of hydrogen-bond acceptors (Lipinski definition) is 4. The molecule has 0 radical (unpaired) electrons. The molecule has 0 aliphatic rings. The van der Waals surface area contributed by atoms with Gasteiger partial charge in [0.05, 0.1) is 4.92 Å². The number of nitro groups is 1. The first kappa shape index (κ1) is 14.3. The predicted octanol–water partition coefficient (Wildman–Crippen LogP) is 3.75. The van der Waals surface area contributed by atoms with Gasteiger partial charge >= 0.3 is 0 Å². The molecular weight excluding hydrogens is 286 g/mol. The fraction of sp³-hybridized carbons (Fsp3) is 0.0769. The number of hydrogen-bond donors (Lipinski definition) is 1. The Balaban J connectivity index is 2.17. The average molecular weight is 296 g/mol. The molecular formula is C13H10F2N2O2S. The molecule has 0 aromatic heterocycles. The van der Waals surface area contributed by atoms with E-state index >= 15 is 0 Å². The zero-order chi connectivity index (χ0) is 14.7. The lowest BCUT2D eigenvalue weighted by molar-refractivity contribution is -0.383. The molecule has 0 amide bonds. The van der Waals surface area contributed by atoms with Crippen molar-refractivity contribution in [3.63, 3.8) is 0 Å². The topological polar surface area (TPSA) is 69.2 Å². The maximum Gasteiger partial charge on any atom is 0.292 e. The van der Waals surface area contributed by atoms with E-state index in [1.807, 2.05) is 0 Å². The van der Waals surface area contributed by atoms with E-state index in [2.05, 4.69) is 0 Å². The van der Waals surface area contributed by atoms with Crippen molar-refractivity contribution in [3.8, 4) is 0 Å². The Morgan fingerprint density at radius 1 is 1.20 bits per heavy atom. The largest absolute Gasteiger partial charge is 0.393 e. The van der Waals surface area contributed by atoms with Gasteiger partial charge in [-0.25, -0.2) is 8.78 Å². The van der Waals surface area contributed by atoms with Gasteiger partial charge in [-0.15, -0.1) is 11.8 Å². The Hall–Kier alpha value is -2.15. The molecule has 0 bridgehead atoms.